The molecule has 2 aromatic rings. The summed E-state index contributed by atoms with van der Waals surface area (Å²) >= 11 is 6.43. The Bertz CT molecular complexity index is 1630. The van der Waals surface area contributed by atoms with Gasteiger partial charge in [-0.2, -0.15) is 0 Å². The number of aryl methyl sites for hydroxylation is 1. The van der Waals surface area contributed by atoms with Gasteiger partial charge in [0.05, 0.1) is 23.6 Å². The van der Waals surface area contributed by atoms with Crippen molar-refractivity contribution in [2.45, 2.75) is 88.8 Å². The highest BCUT2D eigenvalue weighted by Crippen LogP contribution is 2.46. The van der Waals surface area contributed by atoms with E-state index in [4.69, 9.17) is 16.3 Å². The monoisotopic (exact) mass is 667 g/mol. The Labute approximate surface area is 278 Å². The van der Waals surface area contributed by atoms with Crippen molar-refractivity contribution in [3.8, 4) is 5.75 Å². The number of nitrogens with one attached hydrogen (secondary N) is 2. The minimum Gasteiger partial charge on any atom is -0.490 e. The largest absolute Gasteiger partial charge is 0.490 e. The summed E-state index contributed by atoms with van der Waals surface area (Å²) in [5.41, 5.74) is 3.32. The van der Waals surface area contributed by atoms with Crippen LogP contribution in [0.15, 0.2) is 48.6 Å². The molecule has 0 saturated heterocycles. The number of carbonyl (C=O) groups excluding carboxylic acids is 2. The highest BCUT2D eigenvalue weighted by Gasteiger charge is 2.44. The van der Waals surface area contributed by atoms with Gasteiger partial charge in [0.25, 0.3) is 5.91 Å². The second-order valence-corrected chi connectivity index (χ2v) is 16.4. The molecule has 1 spiro atoms. The normalized spacial score (nSPS) is 29.8. The minimum atomic E-state index is -3.91. The van der Waals surface area contributed by atoms with Crippen LogP contribution in [0, 0.1) is 17.8 Å². The van der Waals surface area contributed by atoms with Gasteiger partial charge in [-0.3, -0.25) is 9.59 Å². The topological polar surface area (TPSA) is 105 Å². The summed E-state index contributed by atoms with van der Waals surface area (Å²) < 4.78 is 35.7. The molecule has 2 N–H and O–H groups in total. The lowest BCUT2D eigenvalue weighted by Gasteiger charge is -2.46. The van der Waals surface area contributed by atoms with E-state index in [0.717, 1.165) is 49.4 Å². The summed E-state index contributed by atoms with van der Waals surface area (Å²) in [5.74, 6) is 0.487. The first-order chi connectivity index (χ1) is 22.0. The van der Waals surface area contributed by atoms with E-state index in [2.05, 4.69) is 33.1 Å². The first-order valence-electron chi connectivity index (χ1n) is 16.8. The van der Waals surface area contributed by atoms with Crippen molar-refractivity contribution in [2.24, 2.45) is 17.8 Å². The molecule has 2 bridgehead atoms. The number of hydrogen-bond acceptors (Lipinski definition) is 6. The number of amides is 2. The summed E-state index contributed by atoms with van der Waals surface area (Å²) in [6.45, 7) is 7.54. The van der Waals surface area contributed by atoms with E-state index in [1.54, 1.807) is 12.1 Å². The van der Waals surface area contributed by atoms with Crippen LogP contribution in [0.2, 0.25) is 5.02 Å². The van der Waals surface area contributed by atoms with Crippen LogP contribution in [-0.2, 0) is 26.7 Å². The van der Waals surface area contributed by atoms with Gasteiger partial charge in [-0.15, -0.1) is 0 Å². The van der Waals surface area contributed by atoms with Gasteiger partial charge in [-0.25, -0.2) is 13.1 Å². The Balaban J connectivity index is 1.42. The van der Waals surface area contributed by atoms with Crippen molar-refractivity contribution in [3.05, 3.63) is 70.3 Å². The average molecular weight is 668 g/mol. The Morgan fingerprint density at radius 1 is 1.17 bits per heavy atom. The van der Waals surface area contributed by atoms with Gasteiger partial charge in [0.2, 0.25) is 15.9 Å². The van der Waals surface area contributed by atoms with E-state index in [1.165, 1.54) is 11.1 Å². The Morgan fingerprint density at radius 2 is 2.00 bits per heavy atom. The first kappa shape index (κ1) is 32.9. The van der Waals surface area contributed by atoms with Crippen LogP contribution >= 0.6 is 11.6 Å². The molecule has 0 radical (unpaired) electrons. The number of anilines is 1. The molecule has 4 aliphatic rings. The highest BCUT2D eigenvalue weighted by atomic mass is 35.5. The Hall–Kier alpha value is -3.04. The van der Waals surface area contributed by atoms with E-state index >= 15 is 0 Å². The fourth-order valence-electron chi connectivity index (χ4n) is 7.84. The second kappa shape index (κ2) is 13.2. The molecule has 2 aliphatic carbocycles. The van der Waals surface area contributed by atoms with Crippen molar-refractivity contribution in [2.75, 3.05) is 24.6 Å². The summed E-state index contributed by atoms with van der Waals surface area (Å²) in [7, 11) is -3.91. The fourth-order valence-corrected chi connectivity index (χ4v) is 9.46. The molecule has 6 rings (SSSR count). The van der Waals surface area contributed by atoms with Crippen LogP contribution in [0.25, 0.3) is 0 Å². The molecular weight excluding hydrogens is 622 g/mol. The molecule has 2 amide bonds. The number of carbonyl (C=O) groups is 2. The SMILES string of the molecule is CC[C@@H]1CC/C=C/[C@@H](NC(=O)C(C)C)[C@@H]2CC[C@H]2CN2C[C@@]3(CCCc4cc(Cl)ccc43)COc3ccc(cc32)C(=O)NS1(=O)=O. The van der Waals surface area contributed by atoms with E-state index in [-0.39, 0.29) is 34.8 Å². The first-order valence-corrected chi connectivity index (χ1v) is 18.8. The number of ether oxygens (including phenoxy) is 1. The van der Waals surface area contributed by atoms with Crippen molar-refractivity contribution in [1.29, 1.82) is 0 Å². The Kier molecular flexibility index (Phi) is 9.45. The van der Waals surface area contributed by atoms with Crippen molar-refractivity contribution in [3.63, 3.8) is 0 Å². The standard InChI is InChI=1S/C36H46ClN3O5S/c1-4-28-9-5-6-10-31(38-34(41)23(2)3)29-14-11-26(29)20-40-21-36(17-7-8-24-18-27(37)13-15-30(24)36)22-45-33-16-12-25(19-32(33)40)35(42)39-46(28,43)44/h6,10,12-13,15-16,18-19,23,26,28-29,31H,4-5,7-9,11,14,17,20-22H2,1-3H3,(H,38,41)(H,39,42)/b10-6+/t26-,28+,29+,31+,36-/m0/s1. The third-order valence-electron chi connectivity index (χ3n) is 10.7. The number of fused-ring (bicyclic) bond motifs is 4. The number of halogens is 1. The average Bonchev–Trinajstić information content (AvgIpc) is 3.15. The molecule has 2 aliphatic heterocycles. The number of hydrogen-bond donors (Lipinski definition) is 2. The second-order valence-electron chi connectivity index (χ2n) is 14.0. The van der Waals surface area contributed by atoms with Crippen LogP contribution < -0.4 is 19.7 Å². The number of benzene rings is 2. The molecule has 0 unspecified atom stereocenters. The van der Waals surface area contributed by atoms with Crippen LogP contribution in [0.1, 0.15) is 87.2 Å². The smallest absolute Gasteiger partial charge is 0.264 e. The summed E-state index contributed by atoms with van der Waals surface area (Å²) in [4.78, 5) is 28.8. The van der Waals surface area contributed by atoms with Crippen molar-refractivity contribution < 1.29 is 22.7 Å². The highest BCUT2D eigenvalue weighted by molar-refractivity contribution is 7.90. The number of sulfonamides is 1. The van der Waals surface area contributed by atoms with E-state index in [1.807, 2.05) is 39.0 Å². The maximum atomic E-state index is 13.5. The molecule has 1 saturated carbocycles. The number of rotatable bonds is 3. The van der Waals surface area contributed by atoms with Crippen LogP contribution in [0.5, 0.6) is 5.75 Å². The predicted molar refractivity (Wildman–Crippen MR) is 182 cm³/mol. The summed E-state index contributed by atoms with van der Waals surface area (Å²) in [5, 5.41) is 3.31. The molecular formula is C36H46ClN3O5S. The number of nitrogens with zero attached hydrogens (tertiary/aromatic N) is 1. The zero-order chi connectivity index (χ0) is 32.6. The van der Waals surface area contributed by atoms with Crippen molar-refractivity contribution >= 4 is 39.1 Å². The molecule has 248 valence electrons. The molecule has 1 fully saturated rings. The molecule has 46 heavy (non-hydrogen) atoms. The van der Waals surface area contributed by atoms with E-state index in [9.17, 15) is 18.0 Å². The third kappa shape index (κ3) is 6.55. The van der Waals surface area contributed by atoms with Crippen LogP contribution in [-0.4, -0.2) is 51.2 Å². The van der Waals surface area contributed by atoms with Crippen molar-refractivity contribution in [1.82, 2.24) is 10.0 Å². The zero-order valence-electron chi connectivity index (χ0n) is 27.1. The molecule has 0 aromatic heterocycles. The molecule has 10 heteroatoms. The third-order valence-corrected chi connectivity index (χ3v) is 12.8. The maximum Gasteiger partial charge on any atom is 0.264 e. The lowest BCUT2D eigenvalue weighted by Crippen LogP contribution is -2.52. The van der Waals surface area contributed by atoms with Crippen LogP contribution in [0.4, 0.5) is 5.69 Å². The number of allylic oxidation sites excluding steroid dienone is 1. The van der Waals surface area contributed by atoms with Gasteiger partial charge in [0, 0.05) is 35.0 Å². The molecule has 2 aromatic carbocycles. The van der Waals surface area contributed by atoms with Gasteiger partial charge in [0.15, 0.2) is 0 Å². The quantitative estimate of drug-likeness (QED) is 0.380. The predicted octanol–water partition coefficient (Wildman–Crippen LogP) is 6.17. The van der Waals surface area contributed by atoms with Gasteiger partial charge < -0.3 is 15.0 Å². The lowest BCUT2D eigenvalue weighted by molar-refractivity contribution is -0.125. The van der Waals surface area contributed by atoms with Gasteiger partial charge in [0.1, 0.15) is 5.75 Å². The lowest BCUT2D eigenvalue weighted by atomic mass is 9.68. The zero-order valence-corrected chi connectivity index (χ0v) is 28.6. The minimum absolute atomic E-state index is 0.0148. The van der Waals surface area contributed by atoms with Gasteiger partial charge in [-0.1, -0.05) is 50.6 Å². The molecule has 5 atom stereocenters. The fraction of sp³-hybridized carbons (Fsp3) is 0.556. The summed E-state index contributed by atoms with van der Waals surface area (Å²) in [6.07, 6.45) is 10.4. The van der Waals surface area contributed by atoms with Gasteiger partial charge in [-0.05, 0) is 105 Å². The van der Waals surface area contributed by atoms with E-state index in [0.29, 0.717) is 44.1 Å². The van der Waals surface area contributed by atoms with Crippen LogP contribution in [0.3, 0.4) is 0 Å². The molecule has 2 heterocycles. The van der Waals surface area contributed by atoms with E-state index < -0.39 is 21.2 Å². The molecule has 8 nitrogen and oxygen atoms in total. The van der Waals surface area contributed by atoms with Gasteiger partial charge >= 0.3 is 0 Å². The Morgan fingerprint density at radius 3 is 2.74 bits per heavy atom. The summed E-state index contributed by atoms with van der Waals surface area (Å²) in [6, 6.07) is 11.3. The maximum absolute atomic E-state index is 13.5.